The van der Waals surface area contributed by atoms with Gasteiger partial charge in [-0.15, -0.1) is 0 Å². The highest BCUT2D eigenvalue weighted by atomic mass is 35.5. The van der Waals surface area contributed by atoms with Crippen molar-refractivity contribution in [3.8, 4) is 0 Å². The number of nitrogens with one attached hydrogen (secondary N) is 2. The van der Waals surface area contributed by atoms with Crippen molar-refractivity contribution in [1.82, 2.24) is 0 Å². The second-order valence-corrected chi connectivity index (χ2v) is 5.78. The summed E-state index contributed by atoms with van der Waals surface area (Å²) in [5.41, 5.74) is 1.54. The van der Waals surface area contributed by atoms with Gasteiger partial charge in [-0.1, -0.05) is 30.9 Å². The van der Waals surface area contributed by atoms with E-state index in [1.165, 1.54) is 6.42 Å². The molecule has 1 heterocycles. The van der Waals surface area contributed by atoms with Crippen molar-refractivity contribution in [2.24, 2.45) is 5.41 Å². The standard InChI is InChI=1S/C14H17ClN2O/c15-10-4-5-11-12(8-10)17-13(18)14(9-16-11)6-2-1-3-7-14/h4-5,8,16H,1-3,6-7,9H2,(H,17,18). The lowest BCUT2D eigenvalue weighted by molar-refractivity contribution is -0.126. The van der Waals surface area contributed by atoms with E-state index in [9.17, 15) is 4.79 Å². The Balaban J connectivity index is 1.92. The van der Waals surface area contributed by atoms with Gasteiger partial charge in [-0.25, -0.2) is 0 Å². The van der Waals surface area contributed by atoms with Gasteiger partial charge in [-0.2, -0.15) is 0 Å². The molecule has 0 atom stereocenters. The molecule has 2 aliphatic rings. The molecular formula is C14H17ClN2O. The largest absolute Gasteiger partial charge is 0.382 e. The van der Waals surface area contributed by atoms with E-state index in [4.69, 9.17) is 11.6 Å². The van der Waals surface area contributed by atoms with Gasteiger partial charge in [-0.3, -0.25) is 4.79 Å². The SMILES string of the molecule is O=C1Nc2cc(Cl)ccc2NCC12CCCCC2. The number of benzene rings is 1. The van der Waals surface area contributed by atoms with Crippen molar-refractivity contribution in [1.29, 1.82) is 0 Å². The Morgan fingerprint density at radius 3 is 2.67 bits per heavy atom. The maximum absolute atomic E-state index is 12.5. The summed E-state index contributed by atoms with van der Waals surface area (Å²) in [6.45, 7) is 0.730. The topological polar surface area (TPSA) is 41.1 Å². The average molecular weight is 265 g/mol. The number of fused-ring (bicyclic) bond motifs is 1. The van der Waals surface area contributed by atoms with Gasteiger partial charge < -0.3 is 10.6 Å². The smallest absolute Gasteiger partial charge is 0.232 e. The number of amides is 1. The Hall–Kier alpha value is -1.22. The highest BCUT2D eigenvalue weighted by molar-refractivity contribution is 6.31. The van der Waals surface area contributed by atoms with Crippen molar-refractivity contribution in [2.75, 3.05) is 17.2 Å². The van der Waals surface area contributed by atoms with Crippen molar-refractivity contribution >= 4 is 28.9 Å². The Labute approximate surface area is 112 Å². The van der Waals surface area contributed by atoms with Gasteiger partial charge in [0.2, 0.25) is 5.91 Å². The van der Waals surface area contributed by atoms with E-state index < -0.39 is 0 Å². The van der Waals surface area contributed by atoms with Crippen LogP contribution in [0.1, 0.15) is 32.1 Å². The Bertz CT molecular complexity index is 481. The average Bonchev–Trinajstić information content (AvgIpc) is 2.50. The zero-order chi connectivity index (χ0) is 12.6. The maximum atomic E-state index is 12.5. The fraction of sp³-hybridized carbons (Fsp3) is 0.500. The van der Waals surface area contributed by atoms with Gasteiger partial charge in [0.1, 0.15) is 0 Å². The first-order chi connectivity index (χ1) is 8.70. The fourth-order valence-electron chi connectivity index (χ4n) is 3.01. The number of rotatable bonds is 0. The van der Waals surface area contributed by atoms with Crippen LogP contribution in [0.5, 0.6) is 0 Å². The van der Waals surface area contributed by atoms with Gasteiger partial charge in [-0.05, 0) is 31.0 Å². The highest BCUT2D eigenvalue weighted by Gasteiger charge is 2.41. The van der Waals surface area contributed by atoms with E-state index in [1.54, 1.807) is 0 Å². The van der Waals surface area contributed by atoms with Crippen molar-refractivity contribution in [3.63, 3.8) is 0 Å². The van der Waals surface area contributed by atoms with Crippen LogP contribution in [0.2, 0.25) is 5.02 Å². The minimum atomic E-state index is -0.232. The quantitative estimate of drug-likeness (QED) is 0.751. The Morgan fingerprint density at radius 2 is 1.89 bits per heavy atom. The number of hydrogen-bond donors (Lipinski definition) is 2. The molecule has 0 aromatic heterocycles. The predicted octanol–water partition coefficient (Wildman–Crippen LogP) is 3.65. The lowest BCUT2D eigenvalue weighted by atomic mass is 9.73. The van der Waals surface area contributed by atoms with Crippen LogP contribution in [-0.4, -0.2) is 12.5 Å². The molecule has 18 heavy (non-hydrogen) atoms. The highest BCUT2D eigenvalue weighted by Crippen LogP contribution is 2.41. The monoisotopic (exact) mass is 264 g/mol. The predicted molar refractivity (Wildman–Crippen MR) is 74.1 cm³/mol. The minimum Gasteiger partial charge on any atom is -0.382 e. The summed E-state index contributed by atoms with van der Waals surface area (Å²) in [5, 5.41) is 7.09. The molecule has 1 fully saturated rings. The molecule has 1 aliphatic heterocycles. The minimum absolute atomic E-state index is 0.149. The molecule has 3 rings (SSSR count). The van der Waals surface area contributed by atoms with E-state index in [0.717, 1.165) is 43.6 Å². The molecule has 0 radical (unpaired) electrons. The fourth-order valence-corrected chi connectivity index (χ4v) is 3.18. The van der Waals surface area contributed by atoms with Crippen LogP contribution in [0, 0.1) is 5.41 Å². The van der Waals surface area contributed by atoms with Crippen LogP contribution in [0.15, 0.2) is 18.2 Å². The lowest BCUT2D eigenvalue weighted by Crippen LogP contribution is -2.41. The lowest BCUT2D eigenvalue weighted by Gasteiger charge is -2.34. The van der Waals surface area contributed by atoms with E-state index >= 15 is 0 Å². The molecule has 0 saturated heterocycles. The van der Waals surface area contributed by atoms with Crippen molar-refractivity contribution in [3.05, 3.63) is 23.2 Å². The van der Waals surface area contributed by atoms with E-state index in [0.29, 0.717) is 5.02 Å². The third-order valence-corrected chi connectivity index (χ3v) is 4.37. The third kappa shape index (κ3) is 1.97. The summed E-state index contributed by atoms with van der Waals surface area (Å²) in [5.74, 6) is 0.149. The number of hydrogen-bond acceptors (Lipinski definition) is 2. The molecule has 2 N–H and O–H groups in total. The normalized spacial score (nSPS) is 21.7. The number of carbonyl (C=O) groups is 1. The number of carbonyl (C=O) groups excluding carboxylic acids is 1. The van der Waals surface area contributed by atoms with Crippen LogP contribution in [-0.2, 0) is 4.79 Å². The molecule has 1 aliphatic carbocycles. The summed E-state index contributed by atoms with van der Waals surface area (Å²) >= 11 is 5.98. The molecule has 1 saturated carbocycles. The molecule has 96 valence electrons. The van der Waals surface area contributed by atoms with Crippen LogP contribution in [0.3, 0.4) is 0 Å². The van der Waals surface area contributed by atoms with E-state index in [1.807, 2.05) is 18.2 Å². The number of halogens is 1. The summed E-state index contributed by atoms with van der Waals surface area (Å²) in [7, 11) is 0. The molecule has 1 aromatic rings. The summed E-state index contributed by atoms with van der Waals surface area (Å²) < 4.78 is 0. The first-order valence-electron chi connectivity index (χ1n) is 6.55. The first-order valence-corrected chi connectivity index (χ1v) is 6.92. The summed E-state index contributed by atoms with van der Waals surface area (Å²) in [6.07, 6.45) is 5.49. The zero-order valence-electron chi connectivity index (χ0n) is 10.3. The molecular weight excluding hydrogens is 248 g/mol. The van der Waals surface area contributed by atoms with Crippen molar-refractivity contribution in [2.45, 2.75) is 32.1 Å². The third-order valence-electron chi connectivity index (χ3n) is 4.14. The van der Waals surface area contributed by atoms with Crippen LogP contribution < -0.4 is 10.6 Å². The Kier molecular flexibility index (Phi) is 2.94. The molecule has 1 spiro atoms. The summed E-state index contributed by atoms with van der Waals surface area (Å²) in [4.78, 5) is 12.5. The van der Waals surface area contributed by atoms with E-state index in [2.05, 4.69) is 10.6 Å². The van der Waals surface area contributed by atoms with Gasteiger partial charge in [0.25, 0.3) is 0 Å². The molecule has 0 unspecified atom stereocenters. The molecule has 0 bridgehead atoms. The molecule has 3 nitrogen and oxygen atoms in total. The second-order valence-electron chi connectivity index (χ2n) is 5.34. The zero-order valence-corrected chi connectivity index (χ0v) is 11.0. The van der Waals surface area contributed by atoms with Gasteiger partial charge >= 0.3 is 0 Å². The first kappa shape index (κ1) is 11.8. The summed E-state index contributed by atoms with van der Waals surface area (Å²) in [6, 6.07) is 5.59. The second kappa shape index (κ2) is 4.47. The van der Waals surface area contributed by atoms with Gasteiger partial charge in [0.05, 0.1) is 16.8 Å². The van der Waals surface area contributed by atoms with Crippen LogP contribution in [0.25, 0.3) is 0 Å². The van der Waals surface area contributed by atoms with Gasteiger partial charge in [0.15, 0.2) is 0 Å². The van der Waals surface area contributed by atoms with Crippen LogP contribution >= 0.6 is 11.6 Å². The number of anilines is 2. The van der Waals surface area contributed by atoms with Crippen LogP contribution in [0.4, 0.5) is 11.4 Å². The molecule has 4 heteroatoms. The van der Waals surface area contributed by atoms with Gasteiger partial charge in [0, 0.05) is 11.6 Å². The van der Waals surface area contributed by atoms with E-state index in [-0.39, 0.29) is 11.3 Å². The molecule has 1 amide bonds. The maximum Gasteiger partial charge on any atom is 0.232 e. The molecule has 1 aromatic carbocycles. The van der Waals surface area contributed by atoms with Crippen molar-refractivity contribution < 1.29 is 4.79 Å². The Morgan fingerprint density at radius 1 is 1.11 bits per heavy atom.